The third kappa shape index (κ3) is 9.03. The van der Waals surface area contributed by atoms with Crippen LogP contribution in [0.15, 0.2) is 12.2 Å². The van der Waals surface area contributed by atoms with Crippen molar-refractivity contribution in [2.75, 3.05) is 13.2 Å². The molecule has 0 spiro atoms. The zero-order valence-corrected chi connectivity index (χ0v) is 9.03. The molecule has 0 radical (unpaired) electrons. The smallest absolute Gasteiger partial charge is 0.328 e. The maximum Gasteiger partial charge on any atom is 0.328 e. The van der Waals surface area contributed by atoms with E-state index in [1.54, 1.807) is 0 Å². The summed E-state index contributed by atoms with van der Waals surface area (Å²) >= 11 is 0. The van der Waals surface area contributed by atoms with Crippen LogP contribution in [0.3, 0.4) is 0 Å². The summed E-state index contributed by atoms with van der Waals surface area (Å²) in [5.74, 6) is -3.70. The van der Waals surface area contributed by atoms with Crippen molar-refractivity contribution >= 4 is 17.9 Å². The van der Waals surface area contributed by atoms with E-state index in [1.807, 2.05) is 0 Å². The minimum atomic E-state index is -1.39. The fourth-order valence-electron chi connectivity index (χ4n) is 0.328. The fourth-order valence-corrected chi connectivity index (χ4v) is 0.328. The monoisotopic (exact) mass is 250 g/mol. The lowest BCUT2D eigenvalue weighted by Crippen LogP contribution is -2.35. The highest BCUT2D eigenvalue weighted by atomic mass is 16.4. The van der Waals surface area contributed by atoms with E-state index in [1.165, 1.54) is 6.92 Å². The lowest BCUT2D eigenvalue weighted by Gasteiger charge is -2.17. The van der Waals surface area contributed by atoms with E-state index in [2.05, 4.69) is 0 Å². The summed E-state index contributed by atoms with van der Waals surface area (Å²) in [7, 11) is 0. The van der Waals surface area contributed by atoms with Gasteiger partial charge in [0.05, 0.1) is 13.2 Å². The van der Waals surface area contributed by atoms with Crippen LogP contribution in [0.25, 0.3) is 0 Å². The molecule has 0 rings (SSSR count). The third-order valence-electron chi connectivity index (χ3n) is 1.58. The Hall–Kier alpha value is -1.93. The van der Waals surface area contributed by atoms with Crippen LogP contribution >= 0.6 is 0 Å². The molecule has 5 N–H and O–H groups in total. The van der Waals surface area contributed by atoms with Crippen LogP contribution in [0.1, 0.15) is 6.92 Å². The van der Waals surface area contributed by atoms with Crippen molar-refractivity contribution in [3.63, 3.8) is 0 Å². The number of hydrogen-bond donors (Lipinski definition) is 5. The van der Waals surface area contributed by atoms with Gasteiger partial charge in [-0.15, -0.1) is 0 Å². The highest BCUT2D eigenvalue weighted by molar-refractivity contribution is 5.89. The molecule has 0 aromatic heterocycles. The molecule has 0 saturated carbocycles. The molecule has 17 heavy (non-hydrogen) atoms. The highest BCUT2D eigenvalue weighted by Gasteiger charge is 2.31. The molecule has 8 nitrogen and oxygen atoms in total. The van der Waals surface area contributed by atoms with E-state index in [-0.39, 0.29) is 0 Å². The van der Waals surface area contributed by atoms with Crippen molar-refractivity contribution in [3.8, 4) is 0 Å². The van der Waals surface area contributed by atoms with Gasteiger partial charge in [0.15, 0.2) is 0 Å². The van der Waals surface area contributed by atoms with Gasteiger partial charge >= 0.3 is 17.9 Å². The van der Waals surface area contributed by atoms with Gasteiger partial charge in [-0.2, -0.15) is 0 Å². The summed E-state index contributed by atoms with van der Waals surface area (Å²) in [6.45, 7) is 0.187. The van der Waals surface area contributed by atoms with Crippen LogP contribution in [0.4, 0.5) is 0 Å². The molecule has 0 saturated heterocycles. The molecule has 0 bridgehead atoms. The van der Waals surface area contributed by atoms with E-state index in [0.717, 1.165) is 0 Å². The number of aliphatic hydroxyl groups is 2. The van der Waals surface area contributed by atoms with Gasteiger partial charge < -0.3 is 25.5 Å². The second-order valence-corrected chi connectivity index (χ2v) is 3.19. The lowest BCUT2D eigenvalue weighted by molar-refractivity contribution is -0.153. The number of carboxylic acids is 3. The topological polar surface area (TPSA) is 152 Å². The second kappa shape index (κ2) is 8.25. The van der Waals surface area contributed by atoms with E-state index < -0.39 is 36.5 Å². The SMILES string of the molecule is CC(CO)(CO)C(=O)O.O=C(O)/C=C/C(=O)O. The summed E-state index contributed by atoms with van der Waals surface area (Å²) in [5, 5.41) is 40.8. The molecule has 0 atom stereocenters. The Morgan fingerprint density at radius 3 is 1.29 bits per heavy atom. The number of aliphatic carboxylic acids is 3. The van der Waals surface area contributed by atoms with Crippen molar-refractivity contribution < 1.29 is 39.9 Å². The number of rotatable bonds is 5. The first-order chi connectivity index (χ1) is 7.69. The van der Waals surface area contributed by atoms with Crippen molar-refractivity contribution in [2.24, 2.45) is 5.41 Å². The van der Waals surface area contributed by atoms with Crippen molar-refractivity contribution in [1.82, 2.24) is 0 Å². The van der Waals surface area contributed by atoms with Gasteiger partial charge in [-0.3, -0.25) is 4.79 Å². The average molecular weight is 250 g/mol. The van der Waals surface area contributed by atoms with Gasteiger partial charge in [-0.25, -0.2) is 9.59 Å². The maximum atomic E-state index is 10.2. The molecule has 0 aliphatic carbocycles. The number of carboxylic acid groups (broad SMARTS) is 3. The summed E-state index contributed by atoms with van der Waals surface area (Å²) in [5.41, 5.74) is -1.39. The Bertz CT molecular complexity index is 286. The van der Waals surface area contributed by atoms with Crippen molar-refractivity contribution in [2.45, 2.75) is 6.92 Å². The van der Waals surface area contributed by atoms with Gasteiger partial charge in [0.1, 0.15) is 5.41 Å². The summed E-state index contributed by atoms with van der Waals surface area (Å²) in [6, 6.07) is 0. The van der Waals surface area contributed by atoms with Crippen LogP contribution in [-0.4, -0.2) is 56.7 Å². The highest BCUT2D eigenvalue weighted by Crippen LogP contribution is 2.12. The number of aliphatic hydroxyl groups excluding tert-OH is 2. The molecule has 0 heterocycles. The zero-order chi connectivity index (χ0) is 14.1. The standard InChI is InChI=1S/C5H10O4.C4H4O4/c1-5(2-6,3-7)4(8)9;5-3(6)1-2-4(7)8/h6-7H,2-3H2,1H3,(H,8,9);1-2H,(H,5,6)(H,7,8)/b;2-1+. The molecule has 0 aromatic carbocycles. The summed E-state index contributed by atoms with van der Waals surface area (Å²) in [4.78, 5) is 29.3. The summed E-state index contributed by atoms with van der Waals surface area (Å²) < 4.78 is 0. The number of hydrogen-bond acceptors (Lipinski definition) is 5. The third-order valence-corrected chi connectivity index (χ3v) is 1.58. The van der Waals surface area contributed by atoms with Crippen LogP contribution < -0.4 is 0 Å². The van der Waals surface area contributed by atoms with E-state index in [9.17, 15) is 14.4 Å². The van der Waals surface area contributed by atoms with Crippen LogP contribution in [0.5, 0.6) is 0 Å². The maximum absolute atomic E-state index is 10.2. The quantitative estimate of drug-likeness (QED) is 0.380. The molecule has 0 aromatic rings. The number of carbonyl (C=O) groups is 3. The zero-order valence-electron chi connectivity index (χ0n) is 9.03. The predicted octanol–water partition coefficient (Wildman–Crippen LogP) is -1.23. The van der Waals surface area contributed by atoms with Crippen LogP contribution in [0.2, 0.25) is 0 Å². The molecule has 0 aliphatic heterocycles. The van der Waals surface area contributed by atoms with Gasteiger partial charge in [-0.1, -0.05) is 0 Å². The average Bonchev–Trinajstić information content (AvgIpc) is 2.25. The minimum Gasteiger partial charge on any atom is -0.481 e. The van der Waals surface area contributed by atoms with E-state index >= 15 is 0 Å². The first-order valence-corrected chi connectivity index (χ1v) is 4.28. The van der Waals surface area contributed by atoms with Crippen LogP contribution in [-0.2, 0) is 14.4 Å². The molecular formula is C9H14O8. The molecule has 8 heteroatoms. The van der Waals surface area contributed by atoms with Gasteiger partial charge in [0, 0.05) is 12.2 Å². The molecule has 0 aliphatic rings. The normalized spacial score (nSPS) is 10.5. The first kappa shape index (κ1) is 17.5. The predicted molar refractivity (Wildman–Crippen MR) is 54.3 cm³/mol. The van der Waals surface area contributed by atoms with E-state index in [4.69, 9.17) is 25.5 Å². The Morgan fingerprint density at radius 1 is 0.941 bits per heavy atom. The van der Waals surface area contributed by atoms with Gasteiger partial charge in [-0.05, 0) is 6.92 Å². The summed E-state index contributed by atoms with van der Waals surface area (Å²) in [6.07, 6.45) is 1.12. The molecular weight excluding hydrogens is 236 g/mol. The second-order valence-electron chi connectivity index (χ2n) is 3.19. The molecule has 98 valence electrons. The van der Waals surface area contributed by atoms with Gasteiger partial charge in [0.2, 0.25) is 0 Å². The Morgan fingerprint density at radius 2 is 1.24 bits per heavy atom. The van der Waals surface area contributed by atoms with Crippen molar-refractivity contribution in [1.29, 1.82) is 0 Å². The fraction of sp³-hybridized carbons (Fsp3) is 0.444. The first-order valence-electron chi connectivity index (χ1n) is 4.28. The van der Waals surface area contributed by atoms with E-state index in [0.29, 0.717) is 12.2 Å². The lowest BCUT2D eigenvalue weighted by atomic mass is 9.94. The van der Waals surface area contributed by atoms with Crippen molar-refractivity contribution in [3.05, 3.63) is 12.2 Å². The minimum absolute atomic E-state index is 0.543. The van der Waals surface area contributed by atoms with Gasteiger partial charge in [0.25, 0.3) is 0 Å². The Labute approximate surface area is 96.4 Å². The van der Waals surface area contributed by atoms with Crippen LogP contribution in [0, 0.1) is 5.41 Å². The Balaban J connectivity index is 0. The Kier molecular flexibility index (Phi) is 8.47. The molecule has 0 amide bonds. The largest absolute Gasteiger partial charge is 0.481 e. The molecule has 0 fully saturated rings. The molecule has 0 unspecified atom stereocenters.